The number of rotatable bonds is 4. The smallest absolute Gasteiger partial charge is 0.319 e. The third-order valence-corrected chi connectivity index (χ3v) is 3.95. The maximum Gasteiger partial charge on any atom is 0.319 e. The van der Waals surface area contributed by atoms with Crippen molar-refractivity contribution in [3.8, 4) is 0 Å². The molecule has 0 saturated carbocycles. The molecule has 3 rings (SSSR count). The predicted molar refractivity (Wildman–Crippen MR) is 89.4 cm³/mol. The van der Waals surface area contributed by atoms with Gasteiger partial charge in [0.05, 0.1) is 11.9 Å². The number of pyridine rings is 1. The highest BCUT2D eigenvalue weighted by Crippen LogP contribution is 2.17. The van der Waals surface area contributed by atoms with E-state index in [2.05, 4.69) is 30.7 Å². The SMILES string of the molecule is O=C(NCc1ccc(N2CCCCCC2)nc1)Nc1cn[nH]c1. The summed E-state index contributed by atoms with van der Waals surface area (Å²) in [4.78, 5) is 18.6. The second kappa shape index (κ2) is 7.62. The Balaban J connectivity index is 1.50. The van der Waals surface area contributed by atoms with E-state index in [0.29, 0.717) is 12.2 Å². The molecule has 122 valence electrons. The van der Waals surface area contributed by atoms with E-state index < -0.39 is 0 Å². The number of amides is 2. The minimum absolute atomic E-state index is 0.261. The lowest BCUT2D eigenvalue weighted by Gasteiger charge is -2.21. The highest BCUT2D eigenvalue weighted by atomic mass is 16.2. The van der Waals surface area contributed by atoms with Gasteiger partial charge >= 0.3 is 6.03 Å². The van der Waals surface area contributed by atoms with Crippen LogP contribution in [0, 0.1) is 0 Å². The normalized spacial score (nSPS) is 15.0. The molecule has 1 saturated heterocycles. The maximum atomic E-state index is 11.7. The molecular formula is C16H22N6O. The molecule has 0 aromatic carbocycles. The summed E-state index contributed by atoms with van der Waals surface area (Å²) >= 11 is 0. The van der Waals surface area contributed by atoms with E-state index in [0.717, 1.165) is 24.5 Å². The lowest BCUT2D eigenvalue weighted by Crippen LogP contribution is -2.28. The van der Waals surface area contributed by atoms with Crippen LogP contribution < -0.4 is 15.5 Å². The van der Waals surface area contributed by atoms with Crippen molar-refractivity contribution in [3.63, 3.8) is 0 Å². The summed E-state index contributed by atoms with van der Waals surface area (Å²) in [5.74, 6) is 1.03. The standard InChI is InChI=1S/C16H22N6O/c23-16(21-14-11-19-20-12-14)18-10-13-5-6-15(17-9-13)22-7-3-1-2-4-8-22/h5-6,9,11-12H,1-4,7-8,10H2,(H,19,20)(H2,18,21,23). The van der Waals surface area contributed by atoms with Crippen LogP contribution in [0.25, 0.3) is 0 Å². The van der Waals surface area contributed by atoms with Crippen LogP contribution in [0.3, 0.4) is 0 Å². The molecule has 7 nitrogen and oxygen atoms in total. The number of carbonyl (C=O) groups is 1. The summed E-state index contributed by atoms with van der Waals surface area (Å²) in [6, 6.07) is 3.80. The first-order valence-electron chi connectivity index (χ1n) is 8.05. The lowest BCUT2D eigenvalue weighted by molar-refractivity contribution is 0.251. The molecule has 0 aliphatic carbocycles. The average Bonchev–Trinajstić information content (AvgIpc) is 2.93. The van der Waals surface area contributed by atoms with Crippen LogP contribution in [-0.2, 0) is 6.54 Å². The van der Waals surface area contributed by atoms with Crippen molar-refractivity contribution in [1.82, 2.24) is 20.5 Å². The van der Waals surface area contributed by atoms with E-state index in [1.54, 1.807) is 12.4 Å². The van der Waals surface area contributed by atoms with Crippen molar-refractivity contribution in [2.45, 2.75) is 32.2 Å². The largest absolute Gasteiger partial charge is 0.357 e. The van der Waals surface area contributed by atoms with Crippen molar-refractivity contribution < 1.29 is 4.79 Å². The van der Waals surface area contributed by atoms with Gasteiger partial charge in [0.15, 0.2) is 0 Å². The van der Waals surface area contributed by atoms with Gasteiger partial charge in [0, 0.05) is 32.0 Å². The molecular weight excluding hydrogens is 292 g/mol. The molecule has 1 aliphatic rings. The second-order valence-corrected chi connectivity index (χ2v) is 5.72. The van der Waals surface area contributed by atoms with Crippen molar-refractivity contribution in [2.75, 3.05) is 23.3 Å². The number of anilines is 2. The molecule has 3 N–H and O–H groups in total. The van der Waals surface area contributed by atoms with Crippen LogP contribution in [0.15, 0.2) is 30.7 Å². The third kappa shape index (κ3) is 4.45. The first-order valence-corrected chi connectivity index (χ1v) is 8.05. The first kappa shape index (κ1) is 15.3. The van der Waals surface area contributed by atoms with Gasteiger partial charge in [-0.15, -0.1) is 0 Å². The lowest BCUT2D eigenvalue weighted by atomic mass is 10.2. The summed E-state index contributed by atoms with van der Waals surface area (Å²) in [7, 11) is 0. The zero-order valence-electron chi connectivity index (χ0n) is 13.1. The number of carbonyl (C=O) groups excluding carboxylic acids is 1. The fraction of sp³-hybridized carbons (Fsp3) is 0.438. The molecule has 0 atom stereocenters. The quantitative estimate of drug-likeness (QED) is 0.809. The molecule has 0 bridgehead atoms. The van der Waals surface area contributed by atoms with Crippen molar-refractivity contribution in [2.24, 2.45) is 0 Å². The van der Waals surface area contributed by atoms with Crippen LogP contribution in [0.4, 0.5) is 16.3 Å². The second-order valence-electron chi connectivity index (χ2n) is 5.72. The van der Waals surface area contributed by atoms with Crippen molar-refractivity contribution >= 4 is 17.5 Å². The van der Waals surface area contributed by atoms with E-state index in [-0.39, 0.29) is 6.03 Å². The summed E-state index contributed by atoms with van der Waals surface area (Å²) in [5.41, 5.74) is 1.61. The Labute approximate surface area is 135 Å². The molecule has 2 amide bonds. The first-order chi connectivity index (χ1) is 11.3. The van der Waals surface area contributed by atoms with Crippen molar-refractivity contribution in [1.29, 1.82) is 0 Å². The van der Waals surface area contributed by atoms with Gasteiger partial charge in [0.1, 0.15) is 5.82 Å². The highest BCUT2D eigenvalue weighted by Gasteiger charge is 2.11. The Morgan fingerprint density at radius 1 is 1.17 bits per heavy atom. The number of H-pyrrole nitrogens is 1. The zero-order chi connectivity index (χ0) is 15.9. The number of urea groups is 1. The number of nitrogens with zero attached hydrogens (tertiary/aromatic N) is 3. The molecule has 23 heavy (non-hydrogen) atoms. The Morgan fingerprint density at radius 3 is 2.65 bits per heavy atom. The predicted octanol–water partition coefficient (Wildman–Crippen LogP) is 2.51. The Bertz CT molecular complexity index is 602. The summed E-state index contributed by atoms with van der Waals surface area (Å²) in [6.07, 6.45) is 10.1. The summed E-state index contributed by atoms with van der Waals surface area (Å²) < 4.78 is 0. The van der Waals surface area contributed by atoms with Crippen LogP contribution in [0.1, 0.15) is 31.2 Å². The summed E-state index contributed by atoms with van der Waals surface area (Å²) in [6.45, 7) is 2.60. The van der Waals surface area contributed by atoms with Gasteiger partial charge in [0.25, 0.3) is 0 Å². The van der Waals surface area contributed by atoms with Gasteiger partial charge in [-0.1, -0.05) is 18.9 Å². The molecule has 0 spiro atoms. The third-order valence-electron chi connectivity index (χ3n) is 3.95. The van der Waals surface area contributed by atoms with Gasteiger partial charge < -0.3 is 15.5 Å². The van der Waals surface area contributed by atoms with Crippen LogP contribution in [0.5, 0.6) is 0 Å². The molecule has 3 heterocycles. The van der Waals surface area contributed by atoms with E-state index in [1.165, 1.54) is 25.7 Å². The monoisotopic (exact) mass is 314 g/mol. The molecule has 0 unspecified atom stereocenters. The highest BCUT2D eigenvalue weighted by molar-refractivity contribution is 5.88. The van der Waals surface area contributed by atoms with E-state index in [9.17, 15) is 4.79 Å². The topological polar surface area (TPSA) is 85.9 Å². The molecule has 0 radical (unpaired) electrons. The van der Waals surface area contributed by atoms with E-state index in [4.69, 9.17) is 0 Å². The maximum absolute atomic E-state index is 11.7. The van der Waals surface area contributed by atoms with E-state index >= 15 is 0 Å². The number of aromatic amines is 1. The Morgan fingerprint density at radius 2 is 2.00 bits per heavy atom. The molecule has 2 aromatic heterocycles. The average molecular weight is 314 g/mol. The van der Waals surface area contributed by atoms with E-state index in [1.807, 2.05) is 18.3 Å². The summed E-state index contributed by atoms with van der Waals surface area (Å²) in [5, 5.41) is 11.9. The van der Waals surface area contributed by atoms with Crippen LogP contribution >= 0.6 is 0 Å². The fourth-order valence-corrected chi connectivity index (χ4v) is 2.68. The number of aromatic nitrogens is 3. The van der Waals surface area contributed by atoms with Crippen molar-refractivity contribution in [3.05, 3.63) is 36.3 Å². The minimum atomic E-state index is -0.261. The van der Waals surface area contributed by atoms with Gasteiger partial charge in [-0.3, -0.25) is 5.10 Å². The Hall–Kier alpha value is -2.57. The van der Waals surface area contributed by atoms with Gasteiger partial charge in [0.2, 0.25) is 0 Å². The number of hydrogen-bond acceptors (Lipinski definition) is 4. The van der Waals surface area contributed by atoms with Crippen LogP contribution in [-0.4, -0.2) is 34.3 Å². The molecule has 7 heteroatoms. The molecule has 1 fully saturated rings. The van der Waals surface area contributed by atoms with Crippen LogP contribution in [0.2, 0.25) is 0 Å². The molecule has 1 aliphatic heterocycles. The van der Waals surface area contributed by atoms with Gasteiger partial charge in [-0.2, -0.15) is 5.10 Å². The Kier molecular flexibility index (Phi) is 5.08. The molecule has 2 aromatic rings. The zero-order valence-corrected chi connectivity index (χ0v) is 13.1. The number of hydrogen-bond donors (Lipinski definition) is 3. The fourth-order valence-electron chi connectivity index (χ4n) is 2.68. The van der Waals surface area contributed by atoms with Gasteiger partial charge in [-0.05, 0) is 24.5 Å². The number of nitrogens with one attached hydrogen (secondary N) is 3. The minimum Gasteiger partial charge on any atom is -0.357 e. The van der Waals surface area contributed by atoms with Gasteiger partial charge in [-0.25, -0.2) is 9.78 Å².